The van der Waals surface area contributed by atoms with Crippen LogP contribution in [0.15, 0.2) is 12.2 Å². The zero-order chi connectivity index (χ0) is 10.8. The van der Waals surface area contributed by atoms with E-state index in [0.717, 1.165) is 37.1 Å². The molecular formula is C11H17N3. The van der Waals surface area contributed by atoms with Crippen LogP contribution in [0.3, 0.4) is 0 Å². The third kappa shape index (κ3) is 1.87. The van der Waals surface area contributed by atoms with E-state index in [1.807, 2.05) is 13.0 Å². The van der Waals surface area contributed by atoms with Gasteiger partial charge in [-0.2, -0.15) is 0 Å². The summed E-state index contributed by atoms with van der Waals surface area (Å²) in [6.07, 6.45) is 2.55. The predicted molar refractivity (Wildman–Crippen MR) is 58.2 cm³/mol. The van der Waals surface area contributed by atoms with E-state index >= 15 is 0 Å². The summed E-state index contributed by atoms with van der Waals surface area (Å²) >= 11 is 0. The number of aromatic nitrogens is 1. The van der Waals surface area contributed by atoms with E-state index in [2.05, 4.69) is 10.3 Å². The van der Waals surface area contributed by atoms with Gasteiger partial charge in [0.15, 0.2) is 0 Å². The van der Waals surface area contributed by atoms with Crippen LogP contribution in [0.1, 0.15) is 31.3 Å². The maximum atomic E-state index is 7.88. The first-order valence-corrected chi connectivity index (χ1v) is 5.13. The molecule has 0 aliphatic carbocycles. The first-order valence-electron chi connectivity index (χ1n) is 5.63. The number of pyridine rings is 1. The van der Waals surface area contributed by atoms with Gasteiger partial charge in [0.1, 0.15) is 5.82 Å². The van der Waals surface area contributed by atoms with Gasteiger partial charge < -0.3 is 11.1 Å². The minimum Gasteiger partial charge on any atom is -0.384 e. The fourth-order valence-electron chi connectivity index (χ4n) is 2.07. The molecule has 14 heavy (non-hydrogen) atoms. The zero-order valence-electron chi connectivity index (χ0n) is 9.51. The van der Waals surface area contributed by atoms with Crippen molar-refractivity contribution in [3.8, 4) is 0 Å². The highest BCUT2D eigenvalue weighted by molar-refractivity contribution is 5.38. The molecule has 3 N–H and O–H groups in total. The number of hydrogen-bond acceptors (Lipinski definition) is 3. The molecule has 0 saturated carbocycles. The number of nitrogens with zero attached hydrogens (tertiary/aromatic N) is 1. The number of anilines is 1. The van der Waals surface area contributed by atoms with Gasteiger partial charge in [-0.05, 0) is 56.0 Å². The molecule has 2 rings (SSSR count). The number of hydrogen-bond donors (Lipinski definition) is 2. The van der Waals surface area contributed by atoms with Crippen molar-refractivity contribution in [1.82, 2.24) is 10.3 Å². The van der Waals surface area contributed by atoms with Crippen molar-refractivity contribution >= 4 is 5.82 Å². The van der Waals surface area contributed by atoms with Crippen molar-refractivity contribution in [1.29, 1.82) is 0 Å². The van der Waals surface area contributed by atoms with Gasteiger partial charge in [0.2, 0.25) is 0 Å². The minimum absolute atomic E-state index is 0.361. The van der Waals surface area contributed by atoms with Crippen LogP contribution in [-0.4, -0.2) is 18.1 Å². The zero-order valence-corrected chi connectivity index (χ0v) is 8.51. The van der Waals surface area contributed by atoms with Gasteiger partial charge in [-0.15, -0.1) is 0 Å². The van der Waals surface area contributed by atoms with Crippen LogP contribution in [0.5, 0.6) is 0 Å². The van der Waals surface area contributed by atoms with Gasteiger partial charge in [0.25, 0.3) is 0 Å². The fourth-order valence-corrected chi connectivity index (χ4v) is 2.07. The highest BCUT2D eigenvalue weighted by Crippen LogP contribution is 2.27. The summed E-state index contributed by atoms with van der Waals surface area (Å²) in [4.78, 5) is 4.03. The lowest BCUT2D eigenvalue weighted by molar-refractivity contribution is 0.458. The van der Waals surface area contributed by atoms with E-state index in [-0.39, 0.29) is 0 Å². The van der Waals surface area contributed by atoms with Crippen LogP contribution in [-0.2, 0) is 0 Å². The fraction of sp³-hybridized carbons (Fsp3) is 0.545. The largest absolute Gasteiger partial charge is 0.384 e. The topological polar surface area (TPSA) is 50.9 Å². The Kier molecular flexibility index (Phi) is 2.33. The molecule has 0 atom stereocenters. The van der Waals surface area contributed by atoms with Crippen molar-refractivity contribution in [2.24, 2.45) is 0 Å². The van der Waals surface area contributed by atoms with Gasteiger partial charge in [-0.25, -0.2) is 4.98 Å². The molecule has 0 amide bonds. The molecular weight excluding hydrogens is 174 g/mol. The van der Waals surface area contributed by atoms with Crippen LogP contribution in [0, 0.1) is 6.92 Å². The lowest BCUT2D eigenvalue weighted by atomic mass is 9.89. The summed E-state index contributed by atoms with van der Waals surface area (Å²) in [5, 5.41) is 3.33. The Balaban J connectivity index is 2.33. The highest BCUT2D eigenvalue weighted by atomic mass is 14.9. The van der Waals surface area contributed by atoms with E-state index in [9.17, 15) is 0 Å². The summed E-state index contributed by atoms with van der Waals surface area (Å²) < 4.78 is 7.88. The van der Waals surface area contributed by atoms with Crippen LogP contribution in [0.2, 0.25) is 0 Å². The van der Waals surface area contributed by atoms with Crippen molar-refractivity contribution in [2.45, 2.75) is 25.7 Å². The minimum atomic E-state index is 0.361. The molecule has 2 heterocycles. The highest BCUT2D eigenvalue weighted by Gasteiger charge is 2.17. The molecule has 1 aromatic rings. The second-order valence-corrected chi connectivity index (χ2v) is 3.91. The van der Waals surface area contributed by atoms with Gasteiger partial charge in [-0.1, -0.05) is 0 Å². The Morgan fingerprint density at radius 3 is 2.93 bits per heavy atom. The molecule has 1 aliphatic rings. The van der Waals surface area contributed by atoms with Crippen molar-refractivity contribution < 1.29 is 1.37 Å². The van der Waals surface area contributed by atoms with E-state index < -0.39 is 0 Å². The predicted octanol–water partition coefficient (Wildman–Crippen LogP) is 1.44. The van der Waals surface area contributed by atoms with Gasteiger partial charge in [0, 0.05) is 6.17 Å². The van der Waals surface area contributed by atoms with Gasteiger partial charge in [0.05, 0.1) is 1.37 Å². The molecule has 1 aromatic heterocycles. The van der Waals surface area contributed by atoms with Crippen molar-refractivity contribution in [2.75, 3.05) is 18.8 Å². The van der Waals surface area contributed by atoms with Crippen LogP contribution < -0.4 is 11.1 Å². The Hall–Kier alpha value is -1.09. The van der Waals surface area contributed by atoms with Gasteiger partial charge in [-0.3, -0.25) is 0 Å². The molecule has 0 spiro atoms. The lowest BCUT2D eigenvalue weighted by Crippen LogP contribution is -2.27. The summed E-state index contributed by atoms with van der Waals surface area (Å²) in [6, 6.07) is 1.87. The number of piperidine rings is 1. The number of nitrogen functional groups attached to an aromatic ring is 1. The number of aryl methyl sites for hydroxylation is 1. The average Bonchev–Trinajstić information content (AvgIpc) is 2.17. The number of rotatable bonds is 1. The molecule has 1 saturated heterocycles. The van der Waals surface area contributed by atoms with E-state index in [4.69, 9.17) is 7.10 Å². The molecule has 1 aliphatic heterocycles. The Morgan fingerprint density at radius 2 is 2.29 bits per heavy atom. The molecule has 1 fully saturated rings. The second kappa shape index (κ2) is 3.96. The maximum Gasteiger partial charge on any atom is 0.123 e. The van der Waals surface area contributed by atoms with Crippen LogP contribution >= 0.6 is 0 Å². The molecule has 0 unspecified atom stereocenters. The van der Waals surface area contributed by atoms with Crippen molar-refractivity contribution in [3.05, 3.63) is 23.4 Å². The Labute approximate surface area is 86.1 Å². The first kappa shape index (κ1) is 8.24. The molecule has 76 valence electrons. The molecule has 0 aromatic carbocycles. The summed E-state index contributed by atoms with van der Waals surface area (Å²) in [5.41, 5.74) is 7.81. The van der Waals surface area contributed by atoms with Gasteiger partial charge >= 0.3 is 0 Å². The maximum absolute atomic E-state index is 7.88. The average molecular weight is 192 g/mol. The third-order valence-corrected chi connectivity index (χ3v) is 2.84. The Bertz CT molecular complexity index is 336. The third-order valence-electron chi connectivity index (χ3n) is 2.84. The smallest absolute Gasteiger partial charge is 0.123 e. The van der Waals surface area contributed by atoms with Crippen molar-refractivity contribution in [3.63, 3.8) is 0 Å². The van der Waals surface area contributed by atoms with E-state index in [0.29, 0.717) is 17.9 Å². The van der Waals surface area contributed by atoms with Crippen LogP contribution in [0.25, 0.3) is 0 Å². The van der Waals surface area contributed by atoms with Crippen LogP contribution in [0.4, 0.5) is 5.82 Å². The number of nitrogens with two attached hydrogens (primary N) is 1. The quantitative estimate of drug-likeness (QED) is 0.708. The SMILES string of the molecule is [2H]c1nc(N)cc(C)c1C1CCNCC1. The number of nitrogens with one attached hydrogen (secondary N) is 1. The molecule has 3 heteroatoms. The summed E-state index contributed by atoms with van der Waals surface area (Å²) in [5.74, 6) is 0.932. The summed E-state index contributed by atoms with van der Waals surface area (Å²) in [6.45, 7) is 4.09. The second-order valence-electron chi connectivity index (χ2n) is 3.91. The summed E-state index contributed by atoms with van der Waals surface area (Å²) in [7, 11) is 0. The normalized spacial score (nSPS) is 19.4. The van der Waals surface area contributed by atoms with E-state index in [1.165, 1.54) is 0 Å². The van der Waals surface area contributed by atoms with E-state index in [1.54, 1.807) is 0 Å². The standard InChI is InChI=1S/C11H17N3/c1-8-6-11(12)14-7-10(8)9-2-4-13-5-3-9/h6-7,9,13H,2-5H2,1H3,(H2,12,14)/i7D. The monoisotopic (exact) mass is 192 g/mol. The first-order chi connectivity index (χ1) is 7.18. The Morgan fingerprint density at radius 1 is 1.57 bits per heavy atom. The molecule has 3 nitrogen and oxygen atoms in total. The lowest BCUT2D eigenvalue weighted by Gasteiger charge is -2.24. The molecule has 0 bridgehead atoms. The molecule has 0 radical (unpaired) electrons.